The van der Waals surface area contributed by atoms with Crippen molar-refractivity contribution in [2.75, 3.05) is 11.4 Å². The highest BCUT2D eigenvalue weighted by Gasteiger charge is 2.39. The number of hydrogen-bond acceptors (Lipinski definition) is 4. The number of hydrogen-bond donors (Lipinski definition) is 0. The van der Waals surface area contributed by atoms with Crippen LogP contribution in [0, 0.1) is 0 Å². The van der Waals surface area contributed by atoms with Crippen LogP contribution in [0.25, 0.3) is 10.8 Å². The third-order valence-electron chi connectivity index (χ3n) is 3.47. The zero-order valence-corrected chi connectivity index (χ0v) is 13.8. The van der Waals surface area contributed by atoms with Crippen molar-refractivity contribution in [2.45, 2.75) is 11.7 Å². The topological polar surface area (TPSA) is 67.3 Å². The first-order chi connectivity index (χ1) is 9.88. The molecule has 0 aliphatic carbocycles. The van der Waals surface area contributed by atoms with E-state index in [2.05, 4.69) is 20.9 Å². The molecule has 1 unspecified atom stereocenters. The molecule has 0 N–H and O–H groups in total. The lowest BCUT2D eigenvalue weighted by atomic mass is 10.1. The number of anilines is 1. The number of aromatic nitrogens is 1. The number of benzene rings is 1. The van der Waals surface area contributed by atoms with E-state index in [0.29, 0.717) is 5.82 Å². The molecule has 21 heavy (non-hydrogen) atoms. The van der Waals surface area contributed by atoms with Crippen LogP contribution in [-0.4, -0.2) is 31.1 Å². The van der Waals surface area contributed by atoms with E-state index in [1.54, 1.807) is 6.20 Å². The molecule has 2 heterocycles. The Kier molecular flexibility index (Phi) is 3.67. The zero-order valence-electron chi connectivity index (χ0n) is 10.7. The molecule has 0 saturated carbocycles. The molecule has 1 aromatic carbocycles. The van der Waals surface area contributed by atoms with Crippen LogP contribution in [0.2, 0.25) is 0 Å². The van der Waals surface area contributed by atoms with Gasteiger partial charge in [0.05, 0.1) is 0 Å². The van der Waals surface area contributed by atoms with Crippen molar-refractivity contribution in [3.8, 4) is 0 Å². The Bertz CT molecular complexity index is 840. The minimum atomic E-state index is -3.77. The van der Waals surface area contributed by atoms with Gasteiger partial charge >= 0.3 is 0 Å². The Balaban J connectivity index is 2.10. The van der Waals surface area contributed by atoms with Crippen molar-refractivity contribution in [1.82, 2.24) is 4.98 Å². The summed E-state index contributed by atoms with van der Waals surface area (Å²) < 4.78 is 23.7. The second-order valence-electron chi connectivity index (χ2n) is 4.78. The van der Waals surface area contributed by atoms with Crippen LogP contribution >= 0.6 is 26.6 Å². The summed E-state index contributed by atoms with van der Waals surface area (Å²) in [5.74, 6) is 0.172. The number of amides is 1. The Morgan fingerprint density at radius 1 is 1.29 bits per heavy atom. The fourth-order valence-corrected chi connectivity index (χ4v) is 3.90. The number of rotatable bonds is 2. The summed E-state index contributed by atoms with van der Waals surface area (Å²) in [5.41, 5.74) is 0. The van der Waals surface area contributed by atoms with Crippen LogP contribution in [0.1, 0.15) is 6.42 Å². The smallest absolute Gasteiger partial charge is 0.237 e. The van der Waals surface area contributed by atoms with E-state index in [-0.39, 0.29) is 18.9 Å². The molecule has 0 bridgehead atoms. The molecule has 1 aliphatic rings. The molecule has 0 spiro atoms. The molecular weight excluding hydrogens is 380 g/mol. The molecule has 0 radical (unpaired) electrons. The molecule has 1 aromatic heterocycles. The maximum atomic E-state index is 12.1. The summed E-state index contributed by atoms with van der Waals surface area (Å²) in [7, 11) is 1.60. The van der Waals surface area contributed by atoms with Crippen LogP contribution in [-0.2, 0) is 13.8 Å². The predicted molar refractivity (Wildman–Crippen MR) is 85.0 cm³/mol. The summed E-state index contributed by atoms with van der Waals surface area (Å²) in [4.78, 5) is 17.8. The molecule has 1 amide bonds. The standard InChI is InChI=1S/C13H10BrClN2O3S/c14-11-6-16-13(10-4-2-1-3-9(10)11)17-7-8(5-12(17)18)21(15,19)20/h1-4,6,8H,5,7H2. The van der Waals surface area contributed by atoms with E-state index in [9.17, 15) is 13.2 Å². The molecule has 1 saturated heterocycles. The minimum absolute atomic E-state index is 0.0310. The van der Waals surface area contributed by atoms with Crippen LogP contribution in [0.3, 0.4) is 0 Å². The molecule has 5 nitrogen and oxygen atoms in total. The maximum absolute atomic E-state index is 12.1. The lowest BCUT2D eigenvalue weighted by Gasteiger charge is -2.17. The lowest BCUT2D eigenvalue weighted by molar-refractivity contribution is -0.117. The highest BCUT2D eigenvalue weighted by molar-refractivity contribution is 9.10. The van der Waals surface area contributed by atoms with Crippen molar-refractivity contribution >= 4 is 58.2 Å². The van der Waals surface area contributed by atoms with Crippen molar-refractivity contribution < 1.29 is 13.2 Å². The van der Waals surface area contributed by atoms with Crippen LogP contribution in [0.15, 0.2) is 34.9 Å². The average molecular weight is 390 g/mol. The van der Waals surface area contributed by atoms with E-state index < -0.39 is 14.3 Å². The molecule has 8 heteroatoms. The quantitative estimate of drug-likeness (QED) is 0.741. The summed E-state index contributed by atoms with van der Waals surface area (Å²) in [6.07, 6.45) is 1.49. The Morgan fingerprint density at radius 2 is 1.95 bits per heavy atom. The van der Waals surface area contributed by atoms with E-state index in [1.165, 1.54) is 4.90 Å². The Morgan fingerprint density at radius 3 is 2.57 bits per heavy atom. The predicted octanol–water partition coefficient (Wildman–Crippen LogP) is 2.67. The van der Waals surface area contributed by atoms with Crippen molar-refractivity contribution in [3.05, 3.63) is 34.9 Å². The second-order valence-corrected chi connectivity index (χ2v) is 8.54. The molecule has 3 rings (SSSR count). The van der Waals surface area contributed by atoms with Crippen molar-refractivity contribution in [2.24, 2.45) is 0 Å². The number of nitrogens with zero attached hydrogens (tertiary/aromatic N) is 2. The molecule has 1 aliphatic heterocycles. The number of halogens is 2. The van der Waals surface area contributed by atoms with Gasteiger partial charge in [0.2, 0.25) is 15.0 Å². The summed E-state index contributed by atoms with van der Waals surface area (Å²) in [5, 5.41) is 0.802. The first-order valence-electron chi connectivity index (χ1n) is 6.15. The summed E-state index contributed by atoms with van der Waals surface area (Å²) in [6.45, 7) is 0.0310. The Labute approximate surface area is 134 Å². The van der Waals surface area contributed by atoms with Gasteiger partial charge in [-0.05, 0) is 15.9 Å². The van der Waals surface area contributed by atoms with Gasteiger partial charge in [-0.3, -0.25) is 9.69 Å². The number of pyridine rings is 1. The van der Waals surface area contributed by atoms with E-state index in [4.69, 9.17) is 10.7 Å². The van der Waals surface area contributed by atoms with E-state index in [1.807, 2.05) is 24.3 Å². The zero-order chi connectivity index (χ0) is 15.2. The van der Waals surface area contributed by atoms with Gasteiger partial charge < -0.3 is 0 Å². The van der Waals surface area contributed by atoms with Gasteiger partial charge in [-0.2, -0.15) is 0 Å². The van der Waals surface area contributed by atoms with Crippen molar-refractivity contribution in [3.63, 3.8) is 0 Å². The van der Waals surface area contributed by atoms with Crippen molar-refractivity contribution in [1.29, 1.82) is 0 Å². The fraction of sp³-hybridized carbons (Fsp3) is 0.231. The highest BCUT2D eigenvalue weighted by Crippen LogP contribution is 2.33. The van der Waals surface area contributed by atoms with Crippen LogP contribution in [0.5, 0.6) is 0 Å². The third-order valence-corrected chi connectivity index (χ3v) is 5.97. The van der Waals surface area contributed by atoms with Gasteiger partial charge in [0, 0.05) is 45.1 Å². The average Bonchev–Trinajstić information content (AvgIpc) is 2.82. The first-order valence-corrected chi connectivity index (χ1v) is 9.31. The second kappa shape index (κ2) is 5.23. The maximum Gasteiger partial charge on any atom is 0.237 e. The Hall–Kier alpha value is -1.18. The van der Waals surface area contributed by atoms with Crippen LogP contribution in [0.4, 0.5) is 5.82 Å². The van der Waals surface area contributed by atoms with E-state index >= 15 is 0 Å². The van der Waals surface area contributed by atoms with Gasteiger partial charge in [0.15, 0.2) is 0 Å². The third kappa shape index (κ3) is 2.65. The van der Waals surface area contributed by atoms with Gasteiger partial charge in [0.1, 0.15) is 11.1 Å². The molecule has 110 valence electrons. The van der Waals surface area contributed by atoms with Gasteiger partial charge in [-0.1, -0.05) is 24.3 Å². The summed E-state index contributed by atoms with van der Waals surface area (Å²) >= 11 is 3.42. The van der Waals surface area contributed by atoms with Gasteiger partial charge in [0.25, 0.3) is 0 Å². The lowest BCUT2D eigenvalue weighted by Crippen LogP contribution is -2.27. The van der Waals surface area contributed by atoms with E-state index in [0.717, 1.165) is 15.2 Å². The highest BCUT2D eigenvalue weighted by atomic mass is 79.9. The normalized spacial score (nSPS) is 19.4. The van der Waals surface area contributed by atoms with Gasteiger partial charge in [-0.15, -0.1) is 0 Å². The molecular formula is C13H10BrClN2O3S. The monoisotopic (exact) mass is 388 g/mol. The molecule has 2 aromatic rings. The minimum Gasteiger partial charge on any atom is -0.295 e. The molecule has 1 atom stereocenters. The SMILES string of the molecule is O=C1CC(S(=O)(=O)Cl)CN1c1ncc(Br)c2ccccc12. The van der Waals surface area contributed by atoms with Gasteiger partial charge in [-0.25, -0.2) is 13.4 Å². The molecule has 1 fully saturated rings. The largest absolute Gasteiger partial charge is 0.295 e. The number of carbonyl (C=O) groups excluding carboxylic acids is 1. The summed E-state index contributed by atoms with van der Waals surface area (Å²) in [6, 6.07) is 7.48. The number of fused-ring (bicyclic) bond motifs is 1. The fourth-order valence-electron chi connectivity index (χ4n) is 2.43. The van der Waals surface area contributed by atoms with Crippen LogP contribution < -0.4 is 4.90 Å². The number of carbonyl (C=O) groups is 1. The first kappa shape index (κ1) is 14.7.